The van der Waals surface area contributed by atoms with Crippen LogP contribution in [0.4, 0.5) is 5.82 Å². The number of anilines is 1. The molecule has 31 heavy (non-hydrogen) atoms. The first kappa shape index (κ1) is 22.3. The van der Waals surface area contributed by atoms with Crippen molar-refractivity contribution in [1.29, 1.82) is 0 Å². The average Bonchev–Trinajstić information content (AvgIpc) is 3.32. The largest absolute Gasteiger partial charge is 0.391 e. The fraction of sp³-hybridized carbons (Fsp3) is 0.368. The van der Waals surface area contributed by atoms with Crippen molar-refractivity contribution in [3.05, 3.63) is 52.4 Å². The highest BCUT2D eigenvalue weighted by Gasteiger charge is 2.37. The summed E-state index contributed by atoms with van der Waals surface area (Å²) >= 11 is 12.0. The van der Waals surface area contributed by atoms with Crippen LogP contribution in [0.3, 0.4) is 0 Å². The lowest BCUT2D eigenvalue weighted by Crippen LogP contribution is -2.40. The zero-order chi connectivity index (χ0) is 22.2. The molecule has 2 aromatic heterocycles. The zero-order valence-corrected chi connectivity index (χ0v) is 18.8. The van der Waals surface area contributed by atoms with Gasteiger partial charge in [0.15, 0.2) is 0 Å². The summed E-state index contributed by atoms with van der Waals surface area (Å²) in [5.74, 6) is 0.657. The Morgan fingerprint density at radius 1 is 1.23 bits per heavy atom. The number of benzene rings is 1. The minimum absolute atomic E-state index is 0.130. The van der Waals surface area contributed by atoms with E-state index in [9.17, 15) is 13.5 Å². The van der Waals surface area contributed by atoms with Gasteiger partial charge in [0.1, 0.15) is 17.8 Å². The van der Waals surface area contributed by atoms with E-state index in [1.807, 2.05) is 22.9 Å². The summed E-state index contributed by atoms with van der Waals surface area (Å²) in [6.45, 7) is 0.497. The Balaban J connectivity index is 1.53. The molecular formula is C19H21Cl2N5O4S. The summed E-state index contributed by atoms with van der Waals surface area (Å²) in [7, 11) is -2.82. The molecule has 4 rings (SSSR count). The fourth-order valence-corrected chi connectivity index (χ4v) is 4.86. The molecule has 0 radical (unpaired) electrons. The number of rotatable bonds is 7. The molecule has 1 aliphatic carbocycles. The van der Waals surface area contributed by atoms with Gasteiger partial charge in [0.05, 0.1) is 34.7 Å². The summed E-state index contributed by atoms with van der Waals surface area (Å²) < 4.78 is 32.1. The number of hydrogen-bond acceptors (Lipinski definition) is 7. The summed E-state index contributed by atoms with van der Waals surface area (Å²) in [4.78, 5) is 8.74. The molecule has 9 nitrogen and oxygen atoms in total. The first-order valence-corrected chi connectivity index (χ1v) is 11.7. The third-order valence-electron chi connectivity index (χ3n) is 5.37. The molecule has 1 saturated carbocycles. The molecule has 0 spiro atoms. The van der Waals surface area contributed by atoms with Crippen molar-refractivity contribution in [1.82, 2.24) is 19.3 Å². The Labute approximate surface area is 189 Å². The van der Waals surface area contributed by atoms with Crippen LogP contribution in [0.1, 0.15) is 24.4 Å². The van der Waals surface area contributed by atoms with Crippen LogP contribution in [0.2, 0.25) is 10.0 Å². The van der Waals surface area contributed by atoms with Crippen LogP contribution in [0.5, 0.6) is 0 Å². The molecule has 3 atom stereocenters. The molecule has 0 aliphatic heterocycles. The van der Waals surface area contributed by atoms with Crippen molar-refractivity contribution in [2.75, 3.05) is 12.4 Å². The summed E-state index contributed by atoms with van der Waals surface area (Å²) in [5.41, 5.74) is 1.65. The van der Waals surface area contributed by atoms with E-state index < -0.39 is 22.4 Å². The third kappa shape index (κ3) is 4.79. The van der Waals surface area contributed by atoms with Crippen LogP contribution in [-0.4, -0.2) is 47.3 Å². The van der Waals surface area contributed by atoms with E-state index in [1.165, 1.54) is 6.33 Å². The molecule has 3 N–H and O–H groups in total. The number of halogens is 2. The van der Waals surface area contributed by atoms with Gasteiger partial charge in [-0.2, -0.15) is 13.1 Å². The monoisotopic (exact) mass is 485 g/mol. The van der Waals surface area contributed by atoms with Crippen LogP contribution >= 0.6 is 23.2 Å². The van der Waals surface area contributed by atoms with Gasteiger partial charge in [-0.15, -0.1) is 0 Å². The number of aliphatic hydroxyl groups excluding tert-OH is 1. The molecule has 2 heterocycles. The quantitative estimate of drug-likeness (QED) is 0.470. The molecule has 0 unspecified atom stereocenters. The minimum Gasteiger partial charge on any atom is -0.391 e. The van der Waals surface area contributed by atoms with Crippen LogP contribution in [0.15, 0.2) is 36.8 Å². The number of aliphatic hydroxyl groups is 1. The normalized spacial score (nSPS) is 21.6. The van der Waals surface area contributed by atoms with Gasteiger partial charge >= 0.3 is 10.3 Å². The molecule has 1 aliphatic rings. The van der Waals surface area contributed by atoms with Crippen LogP contribution in [0, 0.1) is 0 Å². The molecule has 0 saturated heterocycles. The van der Waals surface area contributed by atoms with E-state index in [1.54, 1.807) is 12.1 Å². The van der Waals surface area contributed by atoms with Crippen LogP contribution in [-0.2, 0) is 21.0 Å². The van der Waals surface area contributed by atoms with Crippen molar-refractivity contribution in [2.45, 2.75) is 37.6 Å². The third-order valence-corrected chi connectivity index (χ3v) is 7.14. The van der Waals surface area contributed by atoms with Gasteiger partial charge in [-0.25, -0.2) is 9.97 Å². The number of hydrogen-bond donors (Lipinski definition) is 3. The lowest BCUT2D eigenvalue weighted by molar-refractivity contribution is 0.154. The van der Waals surface area contributed by atoms with Gasteiger partial charge in [-0.05, 0) is 36.6 Å². The molecule has 1 fully saturated rings. The standard InChI is InChI=1S/C19H21Cl2N5O4S/c1-30-31(28,29)25-16-7-12(8-17(16)27)26-5-4-13-18(23-10-24-19(13)26)22-9-11-2-3-14(20)15(21)6-11/h2-6,10,12,16-17,25,27H,7-9H2,1H3,(H,22,23,24)/t12-,16+,17+/m1/s1. The maximum atomic E-state index is 11.7. The lowest BCUT2D eigenvalue weighted by Gasteiger charge is -2.15. The number of fused-ring (bicyclic) bond motifs is 1. The highest BCUT2D eigenvalue weighted by atomic mass is 35.5. The van der Waals surface area contributed by atoms with Crippen molar-refractivity contribution in [3.8, 4) is 0 Å². The van der Waals surface area contributed by atoms with E-state index >= 15 is 0 Å². The van der Waals surface area contributed by atoms with Gasteiger partial charge in [0.2, 0.25) is 0 Å². The van der Waals surface area contributed by atoms with E-state index in [2.05, 4.69) is 24.2 Å². The zero-order valence-electron chi connectivity index (χ0n) is 16.5. The second-order valence-corrected chi connectivity index (χ2v) is 9.61. The predicted molar refractivity (Wildman–Crippen MR) is 118 cm³/mol. The maximum absolute atomic E-state index is 11.7. The van der Waals surface area contributed by atoms with Gasteiger partial charge in [-0.3, -0.25) is 4.18 Å². The Hall–Kier alpha value is -1.95. The second kappa shape index (κ2) is 8.89. The van der Waals surface area contributed by atoms with Gasteiger partial charge in [-0.1, -0.05) is 29.3 Å². The summed E-state index contributed by atoms with van der Waals surface area (Å²) in [6, 6.07) is 6.54. The molecule has 12 heteroatoms. The molecular weight excluding hydrogens is 465 g/mol. The van der Waals surface area contributed by atoms with Crippen molar-refractivity contribution >= 4 is 50.4 Å². The Morgan fingerprint density at radius 2 is 2.03 bits per heavy atom. The molecule has 0 bridgehead atoms. The average molecular weight is 486 g/mol. The van der Waals surface area contributed by atoms with E-state index in [4.69, 9.17) is 23.2 Å². The van der Waals surface area contributed by atoms with Gasteiger partial charge in [0, 0.05) is 18.8 Å². The lowest BCUT2D eigenvalue weighted by atomic mass is 10.2. The molecule has 1 aromatic carbocycles. The molecule has 3 aromatic rings. The molecule has 0 amide bonds. The van der Waals surface area contributed by atoms with Crippen LogP contribution in [0.25, 0.3) is 11.0 Å². The minimum atomic E-state index is -3.89. The van der Waals surface area contributed by atoms with E-state index in [-0.39, 0.29) is 6.04 Å². The van der Waals surface area contributed by atoms with Crippen molar-refractivity contribution in [3.63, 3.8) is 0 Å². The molecule has 166 valence electrons. The Morgan fingerprint density at radius 3 is 2.77 bits per heavy atom. The highest BCUT2D eigenvalue weighted by Crippen LogP contribution is 2.34. The smallest absolute Gasteiger partial charge is 0.335 e. The summed E-state index contributed by atoms with van der Waals surface area (Å²) in [5, 5.41) is 15.4. The topological polar surface area (TPSA) is 118 Å². The van der Waals surface area contributed by atoms with Crippen LogP contribution < -0.4 is 10.0 Å². The number of nitrogens with zero attached hydrogens (tertiary/aromatic N) is 3. The fourth-order valence-electron chi connectivity index (χ4n) is 3.82. The Bertz CT molecular complexity index is 1200. The van der Waals surface area contributed by atoms with Crippen molar-refractivity contribution < 1.29 is 17.7 Å². The first-order valence-electron chi connectivity index (χ1n) is 9.52. The van der Waals surface area contributed by atoms with Gasteiger partial charge < -0.3 is 15.0 Å². The maximum Gasteiger partial charge on any atom is 0.335 e. The highest BCUT2D eigenvalue weighted by molar-refractivity contribution is 7.84. The SMILES string of the molecule is COS(=O)(=O)N[C@H]1C[C@@H](n2ccc3c(NCc4ccc(Cl)c(Cl)c4)ncnc32)C[C@@H]1O. The number of aromatic nitrogens is 3. The van der Waals surface area contributed by atoms with Gasteiger partial charge in [0.25, 0.3) is 0 Å². The predicted octanol–water partition coefficient (Wildman–Crippen LogP) is 2.90. The summed E-state index contributed by atoms with van der Waals surface area (Å²) in [6.07, 6.45) is 3.29. The van der Waals surface area contributed by atoms with Crippen molar-refractivity contribution in [2.24, 2.45) is 0 Å². The first-order chi connectivity index (χ1) is 14.8. The second-order valence-electron chi connectivity index (χ2n) is 7.32. The van der Waals surface area contributed by atoms with E-state index in [0.29, 0.717) is 40.9 Å². The number of nitrogens with one attached hydrogen (secondary N) is 2. The Kier molecular flexibility index (Phi) is 6.38. The van der Waals surface area contributed by atoms with E-state index in [0.717, 1.165) is 18.1 Å².